The van der Waals surface area contributed by atoms with Crippen LogP contribution in [0.4, 0.5) is 0 Å². The summed E-state index contributed by atoms with van der Waals surface area (Å²) < 4.78 is 5.26. The van der Waals surface area contributed by atoms with Gasteiger partial charge in [-0.25, -0.2) is 9.98 Å². The van der Waals surface area contributed by atoms with Crippen LogP contribution in [0.15, 0.2) is 9.98 Å². The van der Waals surface area contributed by atoms with Crippen LogP contribution >= 0.6 is 0 Å². The van der Waals surface area contributed by atoms with Crippen LogP contribution in [0.2, 0.25) is 0 Å². The van der Waals surface area contributed by atoms with E-state index in [1.165, 1.54) is 6.34 Å². The molecule has 0 aromatic heterocycles. The Hall–Kier alpha value is -0.700. The van der Waals surface area contributed by atoms with Crippen molar-refractivity contribution >= 4 is 12.6 Å². The molecule has 1 heterocycles. The largest absolute Gasteiger partial charge is 0.349 e. The van der Waals surface area contributed by atoms with Gasteiger partial charge in [0.05, 0.1) is 12.3 Å². The summed E-state index contributed by atoms with van der Waals surface area (Å²) in [5.41, 5.74) is 0. The molecule has 0 bridgehead atoms. The van der Waals surface area contributed by atoms with Crippen molar-refractivity contribution < 1.29 is 4.74 Å². The maximum Gasteiger partial charge on any atom is 0.186 e. The number of hydrogen-bond donors (Lipinski definition) is 0. The molecule has 0 amide bonds. The van der Waals surface area contributed by atoms with E-state index in [9.17, 15) is 0 Å². The number of ether oxygens (including phenoxy) is 1. The predicted octanol–water partition coefficient (Wildman–Crippen LogP) is 0.850. The van der Waals surface area contributed by atoms with Gasteiger partial charge in [0.2, 0.25) is 0 Å². The Kier molecular flexibility index (Phi) is 1.95. The van der Waals surface area contributed by atoms with Crippen molar-refractivity contribution in [2.24, 2.45) is 9.98 Å². The number of nitrogens with zero attached hydrogens (tertiary/aromatic N) is 2. The van der Waals surface area contributed by atoms with E-state index in [1.807, 2.05) is 13.8 Å². The molecule has 50 valence electrons. The molecular formula is C6H10N2O. The topological polar surface area (TPSA) is 34.0 Å². The molecule has 0 saturated heterocycles. The molecule has 1 atom stereocenters. The van der Waals surface area contributed by atoms with E-state index in [2.05, 4.69) is 9.98 Å². The van der Waals surface area contributed by atoms with Gasteiger partial charge < -0.3 is 4.74 Å². The van der Waals surface area contributed by atoms with Gasteiger partial charge in [-0.2, -0.15) is 0 Å². The highest BCUT2D eigenvalue weighted by molar-refractivity contribution is 5.81. The molecule has 3 heteroatoms. The minimum Gasteiger partial charge on any atom is -0.349 e. The lowest BCUT2D eigenvalue weighted by Crippen LogP contribution is -2.14. The van der Waals surface area contributed by atoms with Crippen LogP contribution in [0, 0.1) is 0 Å². The summed E-state index contributed by atoms with van der Waals surface area (Å²) >= 11 is 0. The van der Waals surface area contributed by atoms with Crippen LogP contribution in [0.5, 0.6) is 0 Å². The van der Waals surface area contributed by atoms with Gasteiger partial charge in [-0.15, -0.1) is 0 Å². The summed E-state index contributed by atoms with van der Waals surface area (Å²) in [6.45, 7) is 3.95. The summed E-state index contributed by atoms with van der Waals surface area (Å²) in [6, 6.07) is 0. The molecule has 0 saturated carbocycles. The first-order chi connectivity index (χ1) is 4.29. The first-order valence-corrected chi connectivity index (χ1v) is 2.99. The standard InChI is InChI=1S/C6H10N2O/c1-5(2)9-6-3-7-4-8-6/h3-6H,1-2H3. The minimum absolute atomic E-state index is 0.134. The third-order valence-electron chi connectivity index (χ3n) is 0.905. The fraction of sp³-hybridized carbons (Fsp3) is 0.667. The lowest BCUT2D eigenvalue weighted by Gasteiger charge is -2.08. The van der Waals surface area contributed by atoms with Crippen molar-refractivity contribution in [2.45, 2.75) is 26.2 Å². The molecule has 0 aromatic rings. The Bertz CT molecular complexity index is 128. The Morgan fingerprint density at radius 2 is 2.33 bits per heavy atom. The van der Waals surface area contributed by atoms with Crippen molar-refractivity contribution in [1.82, 2.24) is 0 Å². The average Bonchev–Trinajstić information content (AvgIpc) is 2.15. The molecule has 3 nitrogen and oxygen atoms in total. The highest BCUT2D eigenvalue weighted by Gasteiger charge is 2.06. The molecule has 0 fully saturated rings. The van der Waals surface area contributed by atoms with Gasteiger partial charge in [-0.3, -0.25) is 0 Å². The van der Waals surface area contributed by atoms with Crippen molar-refractivity contribution in [3.8, 4) is 0 Å². The molecular weight excluding hydrogens is 116 g/mol. The number of hydrogen-bond acceptors (Lipinski definition) is 3. The molecule has 0 aromatic carbocycles. The van der Waals surface area contributed by atoms with Crippen LogP contribution < -0.4 is 0 Å². The van der Waals surface area contributed by atoms with Gasteiger partial charge in [0.25, 0.3) is 0 Å². The Morgan fingerprint density at radius 1 is 1.56 bits per heavy atom. The first-order valence-electron chi connectivity index (χ1n) is 2.99. The fourth-order valence-corrected chi connectivity index (χ4v) is 0.604. The summed E-state index contributed by atoms with van der Waals surface area (Å²) in [4.78, 5) is 7.68. The highest BCUT2D eigenvalue weighted by atomic mass is 16.5. The van der Waals surface area contributed by atoms with Gasteiger partial charge in [0, 0.05) is 0 Å². The van der Waals surface area contributed by atoms with Crippen molar-refractivity contribution in [3.05, 3.63) is 0 Å². The average molecular weight is 126 g/mol. The molecule has 9 heavy (non-hydrogen) atoms. The van der Waals surface area contributed by atoms with Crippen molar-refractivity contribution in [2.75, 3.05) is 0 Å². The first kappa shape index (κ1) is 6.42. The number of rotatable bonds is 2. The molecule has 1 aliphatic heterocycles. The van der Waals surface area contributed by atoms with Crippen LogP contribution in [-0.4, -0.2) is 24.9 Å². The zero-order valence-corrected chi connectivity index (χ0v) is 5.61. The molecule has 0 N–H and O–H groups in total. The summed E-state index contributed by atoms with van der Waals surface area (Å²) in [7, 11) is 0. The third-order valence-corrected chi connectivity index (χ3v) is 0.905. The zero-order chi connectivity index (χ0) is 6.69. The van der Waals surface area contributed by atoms with E-state index in [4.69, 9.17) is 4.74 Å². The van der Waals surface area contributed by atoms with Crippen molar-refractivity contribution in [1.29, 1.82) is 0 Å². The normalized spacial score (nSPS) is 24.1. The van der Waals surface area contributed by atoms with E-state index in [1.54, 1.807) is 6.21 Å². The molecule has 0 aliphatic carbocycles. The van der Waals surface area contributed by atoms with E-state index >= 15 is 0 Å². The zero-order valence-electron chi connectivity index (χ0n) is 5.61. The van der Waals surface area contributed by atoms with Crippen LogP contribution in [-0.2, 0) is 4.74 Å². The Balaban J connectivity index is 2.29. The minimum atomic E-state index is -0.134. The number of aliphatic imine (C=N–C) groups is 2. The Morgan fingerprint density at radius 3 is 2.78 bits per heavy atom. The summed E-state index contributed by atoms with van der Waals surface area (Å²) in [6.07, 6.45) is 3.27. The lowest BCUT2D eigenvalue weighted by molar-refractivity contribution is 0.0558. The van der Waals surface area contributed by atoms with Crippen LogP contribution in [0.3, 0.4) is 0 Å². The van der Waals surface area contributed by atoms with E-state index < -0.39 is 0 Å². The molecule has 0 radical (unpaired) electrons. The maximum absolute atomic E-state index is 5.26. The third kappa shape index (κ3) is 1.93. The quantitative estimate of drug-likeness (QED) is 0.540. The van der Waals surface area contributed by atoms with Gasteiger partial charge in [0.1, 0.15) is 6.34 Å². The van der Waals surface area contributed by atoms with E-state index in [0.29, 0.717) is 0 Å². The lowest BCUT2D eigenvalue weighted by atomic mass is 10.5. The molecule has 0 spiro atoms. The van der Waals surface area contributed by atoms with E-state index in [0.717, 1.165) is 0 Å². The molecule has 1 aliphatic rings. The maximum atomic E-state index is 5.26. The van der Waals surface area contributed by atoms with Crippen molar-refractivity contribution in [3.63, 3.8) is 0 Å². The van der Waals surface area contributed by atoms with Gasteiger partial charge in [-0.1, -0.05) is 0 Å². The summed E-state index contributed by atoms with van der Waals surface area (Å²) in [5, 5.41) is 0. The predicted molar refractivity (Wildman–Crippen MR) is 37.0 cm³/mol. The smallest absolute Gasteiger partial charge is 0.186 e. The summed E-state index contributed by atoms with van der Waals surface area (Å²) in [5.74, 6) is 0. The molecule has 1 rings (SSSR count). The Labute approximate surface area is 54.5 Å². The second kappa shape index (κ2) is 2.73. The van der Waals surface area contributed by atoms with Gasteiger partial charge in [-0.05, 0) is 13.8 Å². The fourth-order valence-electron chi connectivity index (χ4n) is 0.604. The van der Waals surface area contributed by atoms with Gasteiger partial charge >= 0.3 is 0 Å². The van der Waals surface area contributed by atoms with Crippen LogP contribution in [0.25, 0.3) is 0 Å². The monoisotopic (exact) mass is 126 g/mol. The van der Waals surface area contributed by atoms with Gasteiger partial charge in [0.15, 0.2) is 6.23 Å². The second-order valence-electron chi connectivity index (χ2n) is 2.14. The highest BCUT2D eigenvalue weighted by Crippen LogP contribution is 1.99. The second-order valence-corrected chi connectivity index (χ2v) is 2.14. The van der Waals surface area contributed by atoms with Crippen LogP contribution in [0.1, 0.15) is 13.8 Å². The SMILES string of the molecule is CC(C)OC1C=NC=N1. The van der Waals surface area contributed by atoms with E-state index in [-0.39, 0.29) is 12.3 Å². The molecule has 1 unspecified atom stereocenters.